The van der Waals surface area contributed by atoms with E-state index < -0.39 is 4.92 Å². The van der Waals surface area contributed by atoms with Crippen molar-refractivity contribution in [1.82, 2.24) is 9.78 Å². The summed E-state index contributed by atoms with van der Waals surface area (Å²) in [4.78, 5) is 26.8. The van der Waals surface area contributed by atoms with Crippen LogP contribution in [0, 0.1) is 10.1 Å². The van der Waals surface area contributed by atoms with Crippen LogP contribution in [-0.4, -0.2) is 48.1 Å². The number of nitrogens with zero attached hydrogens (tertiary/aromatic N) is 4. The molecule has 0 spiro atoms. The van der Waals surface area contributed by atoms with Gasteiger partial charge in [0, 0.05) is 36.0 Å². The molecule has 2 aromatic carbocycles. The van der Waals surface area contributed by atoms with Crippen LogP contribution in [0.2, 0.25) is 0 Å². The predicted molar refractivity (Wildman–Crippen MR) is 126 cm³/mol. The summed E-state index contributed by atoms with van der Waals surface area (Å²) in [6.07, 6.45) is 1.29. The number of benzene rings is 2. The van der Waals surface area contributed by atoms with Crippen molar-refractivity contribution in [3.8, 4) is 22.7 Å². The SMILES string of the molecule is CCCc1cc(-c2cccc(OC)c2)nn(-c2cc(N3CCOCC3)ccc2[N+](=O)[O-])c1=O. The summed E-state index contributed by atoms with van der Waals surface area (Å²) in [6.45, 7) is 4.49. The normalized spacial score (nSPS) is 13.7. The van der Waals surface area contributed by atoms with E-state index in [1.54, 1.807) is 25.3 Å². The molecule has 9 heteroatoms. The molecule has 1 aromatic heterocycles. The molecule has 0 saturated carbocycles. The standard InChI is InChI=1S/C24H26N4O5/c1-3-5-18-15-21(17-6-4-7-20(14-17)32-2)25-27(24(18)29)23-16-19(8-9-22(23)28(30)31)26-10-12-33-13-11-26/h4,6-9,14-16H,3,5,10-13H2,1-2H3. The van der Waals surface area contributed by atoms with Crippen LogP contribution in [0.1, 0.15) is 18.9 Å². The molecule has 1 saturated heterocycles. The van der Waals surface area contributed by atoms with Crippen LogP contribution in [0.3, 0.4) is 0 Å². The second kappa shape index (κ2) is 9.83. The van der Waals surface area contributed by atoms with E-state index in [9.17, 15) is 14.9 Å². The zero-order chi connectivity index (χ0) is 23.4. The quantitative estimate of drug-likeness (QED) is 0.400. The van der Waals surface area contributed by atoms with Crippen LogP contribution >= 0.6 is 0 Å². The first-order chi connectivity index (χ1) is 16.0. The molecule has 1 aliphatic heterocycles. The van der Waals surface area contributed by atoms with Gasteiger partial charge in [-0.15, -0.1) is 0 Å². The molecule has 33 heavy (non-hydrogen) atoms. The number of nitro benzene ring substituents is 1. The third kappa shape index (κ3) is 4.73. The number of aromatic nitrogens is 2. The average Bonchev–Trinajstić information content (AvgIpc) is 2.85. The number of aryl methyl sites for hydroxylation is 1. The third-order valence-corrected chi connectivity index (χ3v) is 5.63. The van der Waals surface area contributed by atoms with Gasteiger partial charge < -0.3 is 14.4 Å². The maximum absolute atomic E-state index is 13.3. The molecule has 1 aliphatic rings. The van der Waals surface area contributed by atoms with E-state index >= 15 is 0 Å². The summed E-state index contributed by atoms with van der Waals surface area (Å²) < 4.78 is 11.9. The van der Waals surface area contributed by atoms with Gasteiger partial charge in [0.25, 0.3) is 11.2 Å². The van der Waals surface area contributed by atoms with E-state index in [2.05, 4.69) is 10.00 Å². The van der Waals surface area contributed by atoms with Crippen molar-refractivity contribution in [2.75, 3.05) is 38.3 Å². The van der Waals surface area contributed by atoms with Crippen LogP contribution < -0.4 is 15.2 Å². The highest BCUT2D eigenvalue weighted by atomic mass is 16.6. The average molecular weight is 450 g/mol. The molecule has 0 unspecified atom stereocenters. The van der Waals surface area contributed by atoms with Crippen molar-refractivity contribution in [3.05, 3.63) is 74.6 Å². The first-order valence-electron chi connectivity index (χ1n) is 10.9. The predicted octanol–water partition coefficient (Wildman–Crippen LogP) is 3.61. The van der Waals surface area contributed by atoms with Gasteiger partial charge in [-0.3, -0.25) is 14.9 Å². The Bertz CT molecular complexity index is 1220. The van der Waals surface area contributed by atoms with Crippen molar-refractivity contribution in [3.63, 3.8) is 0 Å². The van der Waals surface area contributed by atoms with Crippen molar-refractivity contribution >= 4 is 11.4 Å². The maximum atomic E-state index is 13.3. The zero-order valence-electron chi connectivity index (χ0n) is 18.7. The van der Waals surface area contributed by atoms with Crippen LogP contribution in [0.25, 0.3) is 16.9 Å². The Hall–Kier alpha value is -3.72. The molecule has 172 valence electrons. The number of ether oxygens (including phenoxy) is 2. The molecule has 2 heterocycles. The van der Waals surface area contributed by atoms with E-state index in [1.165, 1.54) is 10.7 Å². The van der Waals surface area contributed by atoms with Crippen LogP contribution in [0.4, 0.5) is 11.4 Å². The van der Waals surface area contributed by atoms with Gasteiger partial charge in [0.2, 0.25) is 0 Å². The highest BCUT2D eigenvalue weighted by Crippen LogP contribution is 2.29. The summed E-state index contributed by atoms with van der Waals surface area (Å²) >= 11 is 0. The summed E-state index contributed by atoms with van der Waals surface area (Å²) in [5.41, 5.74) is 2.26. The lowest BCUT2D eigenvalue weighted by Gasteiger charge is -2.29. The smallest absolute Gasteiger partial charge is 0.295 e. The fourth-order valence-electron chi connectivity index (χ4n) is 3.93. The van der Waals surface area contributed by atoms with E-state index in [1.807, 2.05) is 31.2 Å². The van der Waals surface area contributed by atoms with E-state index in [-0.39, 0.29) is 16.9 Å². The van der Waals surface area contributed by atoms with Gasteiger partial charge in [0.05, 0.1) is 30.9 Å². The van der Waals surface area contributed by atoms with Crippen LogP contribution in [0.15, 0.2) is 53.3 Å². The van der Waals surface area contributed by atoms with E-state index in [0.717, 1.165) is 17.7 Å². The number of rotatable bonds is 7. The molecule has 3 aromatic rings. The minimum Gasteiger partial charge on any atom is -0.497 e. The van der Waals surface area contributed by atoms with Gasteiger partial charge in [0.1, 0.15) is 11.4 Å². The summed E-state index contributed by atoms with van der Waals surface area (Å²) in [5, 5.41) is 16.4. The van der Waals surface area contributed by atoms with Gasteiger partial charge >= 0.3 is 0 Å². The Kier molecular flexibility index (Phi) is 6.69. The highest BCUT2D eigenvalue weighted by Gasteiger charge is 2.22. The van der Waals surface area contributed by atoms with Gasteiger partial charge in [0.15, 0.2) is 0 Å². The van der Waals surface area contributed by atoms with Crippen molar-refractivity contribution in [2.45, 2.75) is 19.8 Å². The van der Waals surface area contributed by atoms with Crippen molar-refractivity contribution in [2.24, 2.45) is 0 Å². The second-order valence-corrected chi connectivity index (χ2v) is 7.78. The Morgan fingerprint density at radius 2 is 1.94 bits per heavy atom. The number of methoxy groups -OCH3 is 1. The Morgan fingerprint density at radius 1 is 1.15 bits per heavy atom. The second-order valence-electron chi connectivity index (χ2n) is 7.78. The van der Waals surface area contributed by atoms with Crippen LogP contribution in [0.5, 0.6) is 5.75 Å². The first-order valence-corrected chi connectivity index (χ1v) is 10.9. The summed E-state index contributed by atoms with van der Waals surface area (Å²) in [6, 6.07) is 13.9. The minimum absolute atomic E-state index is 0.149. The van der Waals surface area contributed by atoms with Gasteiger partial charge in [-0.2, -0.15) is 9.78 Å². The summed E-state index contributed by atoms with van der Waals surface area (Å²) in [7, 11) is 1.58. The van der Waals surface area contributed by atoms with Crippen molar-refractivity contribution in [1.29, 1.82) is 0 Å². The number of nitro groups is 1. The molecule has 0 atom stereocenters. The Labute approximate surface area is 191 Å². The lowest BCUT2D eigenvalue weighted by molar-refractivity contribution is -0.384. The van der Waals surface area contributed by atoms with Gasteiger partial charge in [-0.25, -0.2) is 0 Å². The zero-order valence-corrected chi connectivity index (χ0v) is 18.7. The molecule has 9 nitrogen and oxygen atoms in total. The number of anilines is 1. The lowest BCUT2D eigenvalue weighted by atomic mass is 10.1. The number of hydrogen-bond donors (Lipinski definition) is 0. The molecule has 4 rings (SSSR count). The Morgan fingerprint density at radius 3 is 2.64 bits per heavy atom. The monoisotopic (exact) mass is 450 g/mol. The molecule has 0 bridgehead atoms. The first kappa shape index (κ1) is 22.5. The molecule has 1 fully saturated rings. The molecular formula is C24H26N4O5. The third-order valence-electron chi connectivity index (χ3n) is 5.63. The number of hydrogen-bond acceptors (Lipinski definition) is 7. The van der Waals surface area contributed by atoms with Crippen LogP contribution in [-0.2, 0) is 11.2 Å². The van der Waals surface area contributed by atoms with E-state index in [0.29, 0.717) is 49.7 Å². The highest BCUT2D eigenvalue weighted by molar-refractivity contribution is 5.65. The lowest BCUT2D eigenvalue weighted by Crippen LogP contribution is -2.36. The van der Waals surface area contributed by atoms with Crippen molar-refractivity contribution < 1.29 is 14.4 Å². The molecule has 0 N–H and O–H groups in total. The molecular weight excluding hydrogens is 424 g/mol. The largest absolute Gasteiger partial charge is 0.497 e. The molecule has 0 radical (unpaired) electrons. The van der Waals surface area contributed by atoms with E-state index in [4.69, 9.17) is 9.47 Å². The Balaban J connectivity index is 1.92. The minimum atomic E-state index is -0.482. The fraction of sp³-hybridized carbons (Fsp3) is 0.333. The molecule has 0 amide bonds. The number of morpholine rings is 1. The van der Waals surface area contributed by atoms with Gasteiger partial charge in [-0.1, -0.05) is 25.5 Å². The maximum Gasteiger partial charge on any atom is 0.295 e. The summed E-state index contributed by atoms with van der Waals surface area (Å²) in [5.74, 6) is 0.657. The fourth-order valence-corrected chi connectivity index (χ4v) is 3.93. The van der Waals surface area contributed by atoms with Gasteiger partial charge in [-0.05, 0) is 36.8 Å². The topological polar surface area (TPSA) is 99.7 Å². The molecule has 0 aliphatic carbocycles.